The second-order valence-electron chi connectivity index (χ2n) is 8.45. The Labute approximate surface area is 204 Å². The number of ether oxygens (including phenoxy) is 4. The van der Waals surface area contributed by atoms with E-state index in [4.69, 9.17) is 18.9 Å². The molecule has 1 heterocycles. The number of aliphatic hydroxyl groups excluding tert-OH is 3. The Morgan fingerprint density at radius 1 is 0.972 bits per heavy atom. The minimum atomic E-state index is -1.96. The molecule has 2 aromatic carbocycles. The van der Waals surface area contributed by atoms with Crippen LogP contribution in [0.5, 0.6) is 28.7 Å². The summed E-state index contributed by atoms with van der Waals surface area (Å²) in [4.78, 5) is 12.3. The molecule has 1 fully saturated rings. The van der Waals surface area contributed by atoms with Crippen molar-refractivity contribution in [3.8, 4) is 28.7 Å². The molecule has 0 bridgehead atoms. The largest absolute Gasteiger partial charge is 0.504 e. The zero-order valence-corrected chi connectivity index (χ0v) is 19.3. The predicted molar refractivity (Wildman–Crippen MR) is 118 cm³/mol. The summed E-state index contributed by atoms with van der Waals surface area (Å²) in [6.07, 6.45) is -8.48. The van der Waals surface area contributed by atoms with E-state index in [2.05, 4.69) is 0 Å². The van der Waals surface area contributed by atoms with Crippen molar-refractivity contribution in [3.05, 3.63) is 41.5 Å². The molecule has 0 aromatic heterocycles. The molecule has 6 atom stereocenters. The number of aromatic hydroxyl groups is 4. The highest BCUT2D eigenvalue weighted by Crippen LogP contribution is 2.36. The average molecular weight is 512 g/mol. The molecule has 0 radical (unpaired) electrons. The van der Waals surface area contributed by atoms with Crippen LogP contribution in [0.4, 0.5) is 0 Å². The van der Waals surface area contributed by atoms with Gasteiger partial charge in [0.2, 0.25) is 0 Å². The standard InChI is InChI=1S/C23H28O13/c1-23(32,8-10-3-4-12(24)15(5-10)33-2)36-22-20(30)19(29)18(28)16(35-22)9-34-21(31)11-6-13(25)17(27)14(26)7-11/h3-7,16,18-20,22,24-30,32H,8-9H2,1-2H3/t16-,18-,19+,20-,22+,23+/m1/s1. The number of esters is 1. The van der Waals surface area contributed by atoms with Crippen LogP contribution >= 0.6 is 0 Å². The van der Waals surface area contributed by atoms with Crippen LogP contribution in [-0.4, -0.2) is 97.0 Å². The fourth-order valence-electron chi connectivity index (χ4n) is 3.62. The van der Waals surface area contributed by atoms with Crippen LogP contribution in [-0.2, 0) is 20.6 Å². The van der Waals surface area contributed by atoms with Crippen molar-refractivity contribution in [2.45, 2.75) is 49.8 Å². The minimum absolute atomic E-state index is 0.111. The third kappa shape index (κ3) is 6.07. The van der Waals surface area contributed by atoms with Gasteiger partial charge >= 0.3 is 5.97 Å². The molecule has 0 unspecified atom stereocenters. The Kier molecular flexibility index (Phi) is 8.13. The summed E-state index contributed by atoms with van der Waals surface area (Å²) < 4.78 is 20.9. The molecule has 0 saturated carbocycles. The molecule has 0 spiro atoms. The van der Waals surface area contributed by atoms with Crippen LogP contribution in [0.2, 0.25) is 0 Å². The van der Waals surface area contributed by atoms with Crippen molar-refractivity contribution < 1.29 is 64.6 Å². The van der Waals surface area contributed by atoms with Crippen molar-refractivity contribution in [2.75, 3.05) is 13.7 Å². The number of phenolic OH excluding ortho intramolecular Hbond substituents is 4. The van der Waals surface area contributed by atoms with Gasteiger partial charge in [-0.1, -0.05) is 6.07 Å². The van der Waals surface area contributed by atoms with Gasteiger partial charge in [-0.3, -0.25) is 0 Å². The molecule has 2 aromatic rings. The van der Waals surface area contributed by atoms with E-state index < -0.39 is 66.3 Å². The van der Waals surface area contributed by atoms with Gasteiger partial charge in [0.1, 0.15) is 31.0 Å². The second-order valence-corrected chi connectivity index (χ2v) is 8.45. The number of aliphatic hydroxyl groups is 4. The highest BCUT2D eigenvalue weighted by molar-refractivity contribution is 5.91. The molecule has 0 aliphatic carbocycles. The van der Waals surface area contributed by atoms with Gasteiger partial charge < -0.3 is 59.8 Å². The van der Waals surface area contributed by atoms with Gasteiger partial charge in [-0.25, -0.2) is 4.79 Å². The van der Waals surface area contributed by atoms with E-state index in [1.807, 2.05) is 0 Å². The zero-order valence-electron chi connectivity index (χ0n) is 19.3. The van der Waals surface area contributed by atoms with Crippen LogP contribution in [0.25, 0.3) is 0 Å². The first-order valence-corrected chi connectivity index (χ1v) is 10.7. The molecule has 198 valence electrons. The number of hydrogen-bond donors (Lipinski definition) is 8. The number of hydrogen-bond acceptors (Lipinski definition) is 13. The van der Waals surface area contributed by atoms with E-state index in [-0.39, 0.29) is 23.5 Å². The van der Waals surface area contributed by atoms with Gasteiger partial charge in [-0.05, 0) is 36.8 Å². The topological polar surface area (TPSA) is 216 Å². The molecule has 13 heteroatoms. The van der Waals surface area contributed by atoms with Crippen LogP contribution < -0.4 is 4.74 Å². The molecule has 1 saturated heterocycles. The molecule has 0 amide bonds. The first-order chi connectivity index (χ1) is 16.8. The summed E-state index contributed by atoms with van der Waals surface area (Å²) >= 11 is 0. The summed E-state index contributed by atoms with van der Waals surface area (Å²) in [5.41, 5.74) is 0.167. The van der Waals surface area contributed by atoms with Crippen LogP contribution in [0.15, 0.2) is 30.3 Å². The normalized spacial score (nSPS) is 25.7. The van der Waals surface area contributed by atoms with Crippen molar-refractivity contribution in [2.24, 2.45) is 0 Å². The minimum Gasteiger partial charge on any atom is -0.504 e. The highest BCUT2D eigenvalue weighted by Gasteiger charge is 2.47. The van der Waals surface area contributed by atoms with Gasteiger partial charge in [0.25, 0.3) is 0 Å². The summed E-state index contributed by atoms with van der Waals surface area (Å²) in [5, 5.41) is 79.7. The van der Waals surface area contributed by atoms with E-state index >= 15 is 0 Å². The van der Waals surface area contributed by atoms with Gasteiger partial charge in [-0.15, -0.1) is 0 Å². The third-order valence-electron chi connectivity index (χ3n) is 5.50. The third-order valence-corrected chi connectivity index (χ3v) is 5.50. The predicted octanol–water partition coefficient (Wildman–Crippen LogP) is -0.550. The van der Waals surface area contributed by atoms with Crippen molar-refractivity contribution in [3.63, 3.8) is 0 Å². The SMILES string of the molecule is COc1cc(C[C@@](C)(O)O[C@@H]2O[C@H](COC(=O)c3cc(O)c(O)c(O)c3)[C@@H](O)[C@H](O)[C@H]2O)ccc1O. The van der Waals surface area contributed by atoms with Gasteiger partial charge in [0.05, 0.1) is 12.7 Å². The molecule has 13 nitrogen and oxygen atoms in total. The number of benzene rings is 2. The lowest BCUT2D eigenvalue weighted by molar-refractivity contribution is -0.357. The summed E-state index contributed by atoms with van der Waals surface area (Å²) in [6.45, 7) is 0.613. The number of phenols is 4. The van der Waals surface area contributed by atoms with Crippen LogP contribution in [0, 0.1) is 0 Å². The Morgan fingerprint density at radius 2 is 1.61 bits per heavy atom. The summed E-state index contributed by atoms with van der Waals surface area (Å²) in [5.74, 6) is -5.34. The van der Waals surface area contributed by atoms with Crippen LogP contribution in [0.3, 0.4) is 0 Å². The molecular weight excluding hydrogens is 484 g/mol. The summed E-state index contributed by atoms with van der Waals surface area (Å²) in [6, 6.07) is 6.01. The fraction of sp³-hybridized carbons (Fsp3) is 0.435. The van der Waals surface area contributed by atoms with Crippen molar-refractivity contribution >= 4 is 5.97 Å². The van der Waals surface area contributed by atoms with E-state index in [0.29, 0.717) is 5.56 Å². The molecule has 1 aliphatic heterocycles. The van der Waals surface area contributed by atoms with Crippen LogP contribution in [0.1, 0.15) is 22.8 Å². The molecule has 36 heavy (non-hydrogen) atoms. The van der Waals surface area contributed by atoms with Gasteiger partial charge in [0, 0.05) is 6.42 Å². The Morgan fingerprint density at radius 3 is 2.22 bits per heavy atom. The number of methoxy groups -OCH3 is 1. The zero-order chi connectivity index (χ0) is 26.8. The van der Waals surface area contributed by atoms with Gasteiger partial charge in [-0.2, -0.15) is 0 Å². The van der Waals surface area contributed by atoms with Crippen molar-refractivity contribution in [1.82, 2.24) is 0 Å². The Balaban J connectivity index is 1.67. The maximum absolute atomic E-state index is 12.3. The molecular formula is C23H28O13. The smallest absolute Gasteiger partial charge is 0.338 e. The van der Waals surface area contributed by atoms with E-state index in [9.17, 15) is 45.6 Å². The lowest BCUT2D eigenvalue weighted by atomic mass is 9.99. The average Bonchev–Trinajstić information content (AvgIpc) is 2.82. The van der Waals surface area contributed by atoms with E-state index in [0.717, 1.165) is 12.1 Å². The van der Waals surface area contributed by atoms with E-state index in [1.54, 1.807) is 0 Å². The van der Waals surface area contributed by atoms with Crippen molar-refractivity contribution in [1.29, 1.82) is 0 Å². The highest BCUT2D eigenvalue weighted by atomic mass is 16.8. The van der Waals surface area contributed by atoms with Gasteiger partial charge in [0.15, 0.2) is 40.8 Å². The maximum atomic E-state index is 12.3. The Bertz CT molecular complexity index is 1060. The number of carbonyl (C=O) groups is 1. The number of rotatable bonds is 8. The molecule has 8 N–H and O–H groups in total. The Hall–Kier alpha value is -3.33. The number of carbonyl (C=O) groups excluding carboxylic acids is 1. The second kappa shape index (κ2) is 10.7. The quantitative estimate of drug-likeness (QED) is 0.127. The first kappa shape index (κ1) is 27.3. The lowest BCUT2D eigenvalue weighted by Crippen LogP contribution is -2.61. The monoisotopic (exact) mass is 512 g/mol. The van der Waals surface area contributed by atoms with E-state index in [1.165, 1.54) is 32.2 Å². The molecule has 1 aliphatic rings. The first-order valence-electron chi connectivity index (χ1n) is 10.7. The molecule has 3 rings (SSSR count). The summed E-state index contributed by atoms with van der Waals surface area (Å²) in [7, 11) is 1.35. The fourth-order valence-corrected chi connectivity index (χ4v) is 3.62. The maximum Gasteiger partial charge on any atom is 0.338 e. The lowest BCUT2D eigenvalue weighted by Gasteiger charge is -2.42.